The van der Waals surface area contributed by atoms with Crippen molar-refractivity contribution in [2.24, 2.45) is 0 Å². The lowest BCUT2D eigenvalue weighted by molar-refractivity contribution is -0.121. The van der Waals surface area contributed by atoms with Crippen molar-refractivity contribution in [1.82, 2.24) is 5.32 Å². The summed E-state index contributed by atoms with van der Waals surface area (Å²) < 4.78 is 25.7. The Bertz CT molecular complexity index is 801. The van der Waals surface area contributed by atoms with Crippen LogP contribution in [-0.4, -0.2) is 37.3 Å². The van der Waals surface area contributed by atoms with Gasteiger partial charge in [-0.3, -0.25) is 9.59 Å². The number of carbonyl (C=O) groups is 2. The van der Waals surface area contributed by atoms with Gasteiger partial charge in [-0.2, -0.15) is 0 Å². The fourth-order valence-electron chi connectivity index (χ4n) is 3.34. The van der Waals surface area contributed by atoms with Crippen LogP contribution >= 0.6 is 11.8 Å². The Labute approximate surface area is 158 Å². The normalized spacial score (nSPS) is 19.3. The number of amides is 2. The molecule has 0 bridgehead atoms. The van der Waals surface area contributed by atoms with Gasteiger partial charge in [0.05, 0.1) is 15.8 Å². The fourth-order valence-corrected chi connectivity index (χ4v) is 5.65. The quantitative estimate of drug-likeness (QED) is 0.798. The standard InChI is InChI=1S/C18H24N2O4S2/c1-12(10-18(22)19-13-4-2-3-5-13)26(23,24)14-6-7-16-15(11-14)20-17(21)8-9-25-16/h6-7,11-13H,2-5,8-10H2,1H3,(H,19,22)(H,20,21)/t12-/m0/s1. The molecule has 0 radical (unpaired) electrons. The monoisotopic (exact) mass is 396 g/mol. The lowest BCUT2D eigenvalue weighted by atomic mass is 10.2. The summed E-state index contributed by atoms with van der Waals surface area (Å²) in [4.78, 5) is 24.9. The van der Waals surface area contributed by atoms with Crippen molar-refractivity contribution >= 4 is 39.1 Å². The molecule has 6 nitrogen and oxygen atoms in total. The van der Waals surface area contributed by atoms with Crippen molar-refractivity contribution in [2.45, 2.75) is 66.5 Å². The molecular formula is C18H24N2O4S2. The van der Waals surface area contributed by atoms with Crippen LogP contribution in [0.5, 0.6) is 0 Å². The Morgan fingerprint density at radius 2 is 2.08 bits per heavy atom. The molecule has 1 aliphatic carbocycles. The zero-order chi connectivity index (χ0) is 18.7. The fraction of sp³-hybridized carbons (Fsp3) is 0.556. The Hall–Kier alpha value is -1.54. The van der Waals surface area contributed by atoms with Gasteiger partial charge in [-0.1, -0.05) is 12.8 Å². The van der Waals surface area contributed by atoms with Crippen LogP contribution in [-0.2, 0) is 19.4 Å². The number of anilines is 1. The van der Waals surface area contributed by atoms with E-state index in [1.165, 1.54) is 17.8 Å². The molecule has 0 unspecified atom stereocenters. The summed E-state index contributed by atoms with van der Waals surface area (Å²) in [6.45, 7) is 1.56. The van der Waals surface area contributed by atoms with E-state index in [2.05, 4.69) is 10.6 Å². The van der Waals surface area contributed by atoms with Crippen molar-refractivity contribution in [3.63, 3.8) is 0 Å². The topological polar surface area (TPSA) is 92.3 Å². The van der Waals surface area contributed by atoms with Crippen molar-refractivity contribution in [3.8, 4) is 0 Å². The van der Waals surface area contributed by atoms with Gasteiger partial charge in [-0.05, 0) is 38.0 Å². The highest BCUT2D eigenvalue weighted by molar-refractivity contribution is 7.99. The summed E-state index contributed by atoms with van der Waals surface area (Å²) in [5.41, 5.74) is 0.529. The molecular weight excluding hydrogens is 372 g/mol. The molecule has 1 atom stereocenters. The van der Waals surface area contributed by atoms with E-state index in [9.17, 15) is 18.0 Å². The third-order valence-electron chi connectivity index (χ3n) is 4.86. The maximum Gasteiger partial charge on any atom is 0.225 e. The summed E-state index contributed by atoms with van der Waals surface area (Å²) in [5, 5.41) is 4.87. The molecule has 142 valence electrons. The molecule has 0 saturated heterocycles. The average Bonchev–Trinajstić information content (AvgIpc) is 3.01. The van der Waals surface area contributed by atoms with Gasteiger partial charge >= 0.3 is 0 Å². The predicted octanol–water partition coefficient (Wildman–Crippen LogP) is 2.73. The Balaban J connectivity index is 1.72. The van der Waals surface area contributed by atoms with E-state index < -0.39 is 15.1 Å². The number of nitrogens with one attached hydrogen (secondary N) is 2. The third-order valence-corrected chi connectivity index (χ3v) is 8.08. The average molecular weight is 397 g/mol. The van der Waals surface area contributed by atoms with E-state index in [0.717, 1.165) is 30.6 Å². The molecule has 2 aliphatic rings. The summed E-state index contributed by atoms with van der Waals surface area (Å²) in [7, 11) is -3.65. The SMILES string of the molecule is C[C@@H](CC(=O)NC1CCCC1)S(=O)(=O)c1ccc2c(c1)NC(=O)CCS2. The summed E-state index contributed by atoms with van der Waals surface area (Å²) >= 11 is 1.53. The number of carbonyl (C=O) groups excluding carboxylic acids is 2. The second-order valence-corrected chi connectivity index (χ2v) is 10.4. The number of hydrogen-bond acceptors (Lipinski definition) is 5. The zero-order valence-electron chi connectivity index (χ0n) is 14.8. The molecule has 1 fully saturated rings. The molecule has 0 spiro atoms. The van der Waals surface area contributed by atoms with Crippen molar-refractivity contribution in [1.29, 1.82) is 0 Å². The van der Waals surface area contributed by atoms with Crippen LogP contribution < -0.4 is 10.6 Å². The number of thioether (sulfide) groups is 1. The predicted molar refractivity (Wildman–Crippen MR) is 102 cm³/mol. The van der Waals surface area contributed by atoms with Crippen molar-refractivity contribution in [2.75, 3.05) is 11.1 Å². The van der Waals surface area contributed by atoms with Crippen LogP contribution in [0.4, 0.5) is 5.69 Å². The van der Waals surface area contributed by atoms with Crippen LogP contribution in [0.2, 0.25) is 0 Å². The first kappa shape index (κ1) is 19.2. The van der Waals surface area contributed by atoms with Gasteiger partial charge < -0.3 is 10.6 Å². The highest BCUT2D eigenvalue weighted by Crippen LogP contribution is 2.33. The lowest BCUT2D eigenvalue weighted by Gasteiger charge is -2.17. The number of benzene rings is 1. The van der Waals surface area contributed by atoms with Crippen molar-refractivity contribution in [3.05, 3.63) is 18.2 Å². The van der Waals surface area contributed by atoms with E-state index in [0.29, 0.717) is 17.9 Å². The molecule has 26 heavy (non-hydrogen) atoms. The van der Waals surface area contributed by atoms with Crippen LogP contribution in [0.3, 0.4) is 0 Å². The Morgan fingerprint density at radius 1 is 1.35 bits per heavy atom. The molecule has 0 aromatic heterocycles. The van der Waals surface area contributed by atoms with Gasteiger partial charge in [0, 0.05) is 29.5 Å². The molecule has 3 rings (SSSR count). The first-order valence-electron chi connectivity index (χ1n) is 8.96. The number of rotatable bonds is 5. The second kappa shape index (κ2) is 8.00. The Kier molecular flexibility index (Phi) is 5.92. The highest BCUT2D eigenvalue weighted by Gasteiger charge is 2.28. The first-order valence-corrected chi connectivity index (χ1v) is 11.5. The Morgan fingerprint density at radius 3 is 2.81 bits per heavy atom. The molecule has 1 aliphatic heterocycles. The number of hydrogen-bond donors (Lipinski definition) is 2. The first-order chi connectivity index (χ1) is 12.4. The summed E-state index contributed by atoms with van der Waals surface area (Å²) in [6.07, 6.45) is 4.50. The summed E-state index contributed by atoms with van der Waals surface area (Å²) in [6, 6.07) is 4.97. The minimum atomic E-state index is -3.65. The van der Waals surface area contributed by atoms with Crippen molar-refractivity contribution < 1.29 is 18.0 Å². The van der Waals surface area contributed by atoms with Gasteiger partial charge in [0.2, 0.25) is 11.8 Å². The van der Waals surface area contributed by atoms with E-state index in [4.69, 9.17) is 0 Å². The minimum Gasteiger partial charge on any atom is -0.353 e. The van der Waals surface area contributed by atoms with E-state index in [-0.39, 0.29) is 29.2 Å². The molecule has 1 aromatic rings. The largest absolute Gasteiger partial charge is 0.353 e. The van der Waals surface area contributed by atoms with Crippen LogP contribution in [0, 0.1) is 0 Å². The molecule has 1 heterocycles. The van der Waals surface area contributed by atoms with Gasteiger partial charge in [-0.15, -0.1) is 11.8 Å². The molecule has 2 amide bonds. The highest BCUT2D eigenvalue weighted by atomic mass is 32.2. The van der Waals surface area contributed by atoms with E-state index in [1.54, 1.807) is 19.1 Å². The molecule has 1 saturated carbocycles. The van der Waals surface area contributed by atoms with Gasteiger partial charge in [-0.25, -0.2) is 8.42 Å². The van der Waals surface area contributed by atoms with Crippen LogP contribution in [0.1, 0.15) is 45.4 Å². The van der Waals surface area contributed by atoms with Gasteiger partial charge in [0.25, 0.3) is 0 Å². The maximum absolute atomic E-state index is 12.9. The maximum atomic E-state index is 12.9. The van der Waals surface area contributed by atoms with Gasteiger partial charge in [0.1, 0.15) is 0 Å². The molecule has 8 heteroatoms. The van der Waals surface area contributed by atoms with E-state index >= 15 is 0 Å². The molecule has 2 N–H and O–H groups in total. The van der Waals surface area contributed by atoms with Crippen LogP contribution in [0.25, 0.3) is 0 Å². The van der Waals surface area contributed by atoms with E-state index in [1.807, 2.05) is 0 Å². The van der Waals surface area contributed by atoms with Gasteiger partial charge in [0.15, 0.2) is 9.84 Å². The number of fused-ring (bicyclic) bond motifs is 1. The molecule has 1 aromatic carbocycles. The summed E-state index contributed by atoms with van der Waals surface area (Å²) in [5.74, 6) is 0.337. The third kappa shape index (κ3) is 4.40. The second-order valence-electron chi connectivity index (χ2n) is 6.91. The minimum absolute atomic E-state index is 0.0585. The lowest BCUT2D eigenvalue weighted by Crippen LogP contribution is -2.35. The smallest absolute Gasteiger partial charge is 0.225 e. The van der Waals surface area contributed by atoms with Crippen LogP contribution in [0.15, 0.2) is 28.0 Å². The number of sulfone groups is 1. The zero-order valence-corrected chi connectivity index (χ0v) is 16.4.